The minimum Gasteiger partial charge on any atom is -0.493 e. The minimum atomic E-state index is -1.30. The second kappa shape index (κ2) is 7.34. The van der Waals surface area contributed by atoms with E-state index in [0.717, 1.165) is 16.9 Å². The van der Waals surface area contributed by atoms with E-state index in [0.29, 0.717) is 37.4 Å². The molecular formula is C21H21N3O4. The van der Waals surface area contributed by atoms with Crippen LogP contribution in [0.4, 0.5) is 5.82 Å². The van der Waals surface area contributed by atoms with Crippen LogP contribution in [0.15, 0.2) is 54.7 Å². The summed E-state index contributed by atoms with van der Waals surface area (Å²) in [7, 11) is 1.54. The molecule has 2 aromatic carbocycles. The highest BCUT2D eigenvalue weighted by atomic mass is 16.5. The van der Waals surface area contributed by atoms with Crippen molar-refractivity contribution >= 4 is 22.8 Å². The second-order valence-electron chi connectivity index (χ2n) is 6.76. The largest absolute Gasteiger partial charge is 0.493 e. The number of para-hydroxylation sites is 4. The number of rotatable bonds is 5. The highest BCUT2D eigenvalue weighted by molar-refractivity contribution is 5.79. The number of aliphatic carboxylic acids is 1. The van der Waals surface area contributed by atoms with Gasteiger partial charge in [0.25, 0.3) is 0 Å². The predicted octanol–water partition coefficient (Wildman–Crippen LogP) is 3.14. The Morgan fingerprint density at radius 2 is 1.68 bits per heavy atom. The molecule has 1 aliphatic heterocycles. The Morgan fingerprint density at radius 1 is 1.04 bits per heavy atom. The molecule has 3 aromatic rings. The Balaban J connectivity index is 1.54. The van der Waals surface area contributed by atoms with Crippen molar-refractivity contribution in [1.82, 2.24) is 9.97 Å². The number of piperidine rings is 1. The van der Waals surface area contributed by atoms with Crippen LogP contribution in [0.2, 0.25) is 0 Å². The fraction of sp³-hybridized carbons (Fsp3) is 0.286. The molecule has 2 heterocycles. The molecule has 0 spiro atoms. The van der Waals surface area contributed by atoms with E-state index in [4.69, 9.17) is 9.47 Å². The molecule has 144 valence electrons. The van der Waals surface area contributed by atoms with Gasteiger partial charge in [-0.15, -0.1) is 0 Å². The van der Waals surface area contributed by atoms with Crippen molar-refractivity contribution in [2.24, 2.45) is 0 Å². The van der Waals surface area contributed by atoms with Crippen LogP contribution in [-0.2, 0) is 4.79 Å². The summed E-state index contributed by atoms with van der Waals surface area (Å²) in [6, 6.07) is 14.8. The first-order chi connectivity index (χ1) is 13.6. The maximum absolute atomic E-state index is 12.1. The molecule has 4 rings (SSSR count). The van der Waals surface area contributed by atoms with E-state index < -0.39 is 11.6 Å². The second-order valence-corrected chi connectivity index (χ2v) is 6.76. The van der Waals surface area contributed by atoms with Gasteiger partial charge >= 0.3 is 5.97 Å². The monoisotopic (exact) mass is 379 g/mol. The third-order valence-electron chi connectivity index (χ3n) is 5.10. The van der Waals surface area contributed by atoms with Gasteiger partial charge in [-0.2, -0.15) is 0 Å². The lowest BCUT2D eigenvalue weighted by Crippen LogP contribution is -2.53. The molecule has 0 bridgehead atoms. The smallest absolute Gasteiger partial charge is 0.348 e. The van der Waals surface area contributed by atoms with Crippen LogP contribution >= 0.6 is 0 Å². The SMILES string of the molecule is COc1ccccc1OC1(C(=O)O)CCN(c2cnc3ccccc3n2)CC1. The van der Waals surface area contributed by atoms with Crippen molar-refractivity contribution in [2.45, 2.75) is 18.4 Å². The molecule has 0 unspecified atom stereocenters. The van der Waals surface area contributed by atoms with Crippen molar-refractivity contribution in [2.75, 3.05) is 25.1 Å². The average Bonchev–Trinajstić information content (AvgIpc) is 2.74. The Labute approximate surface area is 162 Å². The van der Waals surface area contributed by atoms with Gasteiger partial charge in [0, 0.05) is 25.9 Å². The predicted molar refractivity (Wildman–Crippen MR) is 105 cm³/mol. The Hall–Kier alpha value is -3.35. The van der Waals surface area contributed by atoms with Crippen LogP contribution in [0.5, 0.6) is 11.5 Å². The third kappa shape index (κ3) is 3.31. The standard InChI is InChI=1S/C21H21N3O4/c1-27-17-8-4-5-9-18(17)28-21(20(25)26)10-12-24(13-11-21)19-14-22-15-6-2-3-7-16(15)23-19/h2-9,14H,10-13H2,1H3,(H,25,26). The van der Waals surface area contributed by atoms with Crippen molar-refractivity contribution in [3.8, 4) is 11.5 Å². The number of ether oxygens (including phenoxy) is 2. The summed E-state index contributed by atoms with van der Waals surface area (Å²) >= 11 is 0. The van der Waals surface area contributed by atoms with Crippen molar-refractivity contribution < 1.29 is 19.4 Å². The van der Waals surface area contributed by atoms with E-state index in [-0.39, 0.29) is 0 Å². The zero-order chi connectivity index (χ0) is 19.6. The van der Waals surface area contributed by atoms with Gasteiger partial charge in [-0.1, -0.05) is 24.3 Å². The molecule has 1 aromatic heterocycles. The summed E-state index contributed by atoms with van der Waals surface area (Å²) < 4.78 is 11.3. The minimum absolute atomic E-state index is 0.328. The van der Waals surface area contributed by atoms with Crippen molar-refractivity contribution in [3.63, 3.8) is 0 Å². The topological polar surface area (TPSA) is 84.8 Å². The van der Waals surface area contributed by atoms with Crippen molar-refractivity contribution in [3.05, 3.63) is 54.7 Å². The average molecular weight is 379 g/mol. The maximum Gasteiger partial charge on any atom is 0.348 e. The van der Waals surface area contributed by atoms with Gasteiger partial charge in [0.05, 0.1) is 24.3 Å². The number of fused-ring (bicyclic) bond motifs is 1. The van der Waals surface area contributed by atoms with Gasteiger partial charge in [-0.05, 0) is 24.3 Å². The summed E-state index contributed by atoms with van der Waals surface area (Å²) in [5.41, 5.74) is 0.359. The molecule has 1 N–H and O–H groups in total. The molecule has 1 fully saturated rings. The Bertz CT molecular complexity index is 1000. The number of carbonyl (C=O) groups is 1. The van der Waals surface area contributed by atoms with E-state index >= 15 is 0 Å². The number of carboxylic acid groups (broad SMARTS) is 1. The number of hydrogen-bond donors (Lipinski definition) is 1. The number of hydrogen-bond acceptors (Lipinski definition) is 6. The number of anilines is 1. The first-order valence-corrected chi connectivity index (χ1v) is 9.13. The van der Waals surface area contributed by atoms with Gasteiger partial charge in [0.15, 0.2) is 11.5 Å². The van der Waals surface area contributed by atoms with E-state index in [1.807, 2.05) is 35.2 Å². The molecule has 7 nitrogen and oxygen atoms in total. The van der Waals surface area contributed by atoms with E-state index in [2.05, 4.69) is 9.97 Å². The molecule has 28 heavy (non-hydrogen) atoms. The lowest BCUT2D eigenvalue weighted by molar-refractivity contribution is -0.157. The van der Waals surface area contributed by atoms with Crippen molar-refractivity contribution in [1.29, 1.82) is 0 Å². The zero-order valence-corrected chi connectivity index (χ0v) is 15.5. The molecule has 0 radical (unpaired) electrons. The summed E-state index contributed by atoms with van der Waals surface area (Å²) in [4.78, 5) is 23.2. The Morgan fingerprint density at radius 3 is 2.36 bits per heavy atom. The summed E-state index contributed by atoms with van der Waals surface area (Å²) in [5.74, 6) is 0.731. The molecular weight excluding hydrogens is 358 g/mol. The van der Waals surface area contributed by atoms with Gasteiger partial charge in [0.2, 0.25) is 5.60 Å². The quantitative estimate of drug-likeness (QED) is 0.729. The summed E-state index contributed by atoms with van der Waals surface area (Å²) in [5, 5.41) is 9.90. The molecule has 0 saturated carbocycles. The zero-order valence-electron chi connectivity index (χ0n) is 15.5. The number of carboxylic acids is 1. The molecule has 1 aliphatic rings. The van der Waals surface area contributed by atoms with Crippen LogP contribution < -0.4 is 14.4 Å². The highest BCUT2D eigenvalue weighted by Crippen LogP contribution is 2.35. The molecule has 0 aliphatic carbocycles. The molecule has 1 saturated heterocycles. The maximum atomic E-state index is 12.1. The van der Waals surface area contributed by atoms with E-state index in [1.165, 1.54) is 7.11 Å². The summed E-state index contributed by atoms with van der Waals surface area (Å²) in [6.07, 6.45) is 2.39. The fourth-order valence-corrected chi connectivity index (χ4v) is 3.47. The van der Waals surface area contributed by atoms with Crippen LogP contribution in [0.25, 0.3) is 11.0 Å². The number of methoxy groups -OCH3 is 1. The fourth-order valence-electron chi connectivity index (χ4n) is 3.47. The van der Waals surface area contributed by atoms with Crippen LogP contribution in [0, 0.1) is 0 Å². The molecule has 0 amide bonds. The lowest BCUT2D eigenvalue weighted by Gasteiger charge is -2.39. The number of aromatic nitrogens is 2. The lowest BCUT2D eigenvalue weighted by atomic mass is 9.91. The molecule has 0 atom stereocenters. The van der Waals surface area contributed by atoms with E-state index in [1.54, 1.807) is 24.4 Å². The highest BCUT2D eigenvalue weighted by Gasteiger charge is 2.45. The number of benzene rings is 2. The van der Waals surface area contributed by atoms with Gasteiger partial charge < -0.3 is 19.5 Å². The number of nitrogens with zero attached hydrogens (tertiary/aromatic N) is 3. The van der Waals surface area contributed by atoms with Gasteiger partial charge in [-0.3, -0.25) is 4.98 Å². The Kier molecular flexibility index (Phi) is 4.73. The normalized spacial score (nSPS) is 16.0. The third-order valence-corrected chi connectivity index (χ3v) is 5.10. The van der Waals surface area contributed by atoms with Gasteiger partial charge in [-0.25, -0.2) is 9.78 Å². The van der Waals surface area contributed by atoms with E-state index in [9.17, 15) is 9.90 Å². The van der Waals surface area contributed by atoms with Crippen LogP contribution in [0.3, 0.4) is 0 Å². The first kappa shape index (κ1) is 18.0. The van der Waals surface area contributed by atoms with Crippen LogP contribution in [-0.4, -0.2) is 46.8 Å². The van der Waals surface area contributed by atoms with Crippen LogP contribution in [0.1, 0.15) is 12.8 Å². The first-order valence-electron chi connectivity index (χ1n) is 9.13. The molecule has 7 heteroatoms. The van der Waals surface area contributed by atoms with Gasteiger partial charge in [0.1, 0.15) is 5.82 Å². The summed E-state index contributed by atoms with van der Waals surface area (Å²) in [6.45, 7) is 1.02.